The molecule has 0 saturated carbocycles. The quantitative estimate of drug-likeness (QED) is 0.881. The molecule has 0 bridgehead atoms. The van der Waals surface area contributed by atoms with E-state index in [1.165, 1.54) is 0 Å². The fourth-order valence-electron chi connectivity index (χ4n) is 2.41. The van der Waals surface area contributed by atoms with Crippen molar-refractivity contribution in [3.8, 4) is 0 Å². The van der Waals surface area contributed by atoms with E-state index in [0.717, 1.165) is 10.9 Å². The molecule has 21 heavy (non-hydrogen) atoms. The summed E-state index contributed by atoms with van der Waals surface area (Å²) in [5, 5.41) is 6.33. The van der Waals surface area contributed by atoms with Gasteiger partial charge < -0.3 is 10.6 Å². The highest BCUT2D eigenvalue weighted by atomic mass is 32.2. The molecule has 1 aromatic carbocycles. The van der Waals surface area contributed by atoms with Crippen molar-refractivity contribution in [2.75, 3.05) is 16.8 Å². The van der Waals surface area contributed by atoms with E-state index in [1.807, 2.05) is 24.3 Å². The smallest absolute Gasteiger partial charge is 0.319 e. The van der Waals surface area contributed by atoms with Gasteiger partial charge in [-0.25, -0.2) is 13.2 Å². The average Bonchev–Trinajstić information content (AvgIpc) is 2.77. The normalized spacial score (nSPS) is 20.3. The molecule has 7 heteroatoms. The largest absolute Gasteiger partial charge is 0.334 e. The molecule has 1 aliphatic rings. The van der Waals surface area contributed by atoms with Gasteiger partial charge in [0, 0.05) is 23.3 Å². The Morgan fingerprint density at radius 1 is 1.29 bits per heavy atom. The number of fused-ring (bicyclic) bond motifs is 1. The Balaban J connectivity index is 1.66. The van der Waals surface area contributed by atoms with Crippen molar-refractivity contribution in [2.45, 2.75) is 12.5 Å². The minimum absolute atomic E-state index is 0.0159. The predicted molar refractivity (Wildman–Crippen MR) is 81.0 cm³/mol. The van der Waals surface area contributed by atoms with Crippen LogP contribution in [-0.4, -0.2) is 37.0 Å². The van der Waals surface area contributed by atoms with Gasteiger partial charge in [-0.05, 0) is 30.7 Å². The Morgan fingerprint density at radius 3 is 2.90 bits per heavy atom. The molecule has 0 radical (unpaired) electrons. The molecule has 1 saturated heterocycles. The van der Waals surface area contributed by atoms with E-state index in [1.54, 1.807) is 12.3 Å². The molecule has 1 atom stereocenters. The predicted octanol–water partition coefficient (Wildman–Crippen LogP) is 1.54. The lowest BCUT2D eigenvalue weighted by Gasteiger charge is -2.12. The van der Waals surface area contributed by atoms with Gasteiger partial charge in [0.1, 0.15) is 0 Å². The van der Waals surface area contributed by atoms with Gasteiger partial charge in [0.15, 0.2) is 9.84 Å². The monoisotopic (exact) mass is 305 g/mol. The molecule has 2 amide bonds. The molecule has 1 fully saturated rings. The summed E-state index contributed by atoms with van der Waals surface area (Å²) in [6.07, 6.45) is 2.18. The minimum Gasteiger partial charge on any atom is -0.334 e. The number of nitrogens with one attached hydrogen (secondary N) is 2. The lowest BCUT2D eigenvalue weighted by Crippen LogP contribution is -2.38. The summed E-state index contributed by atoms with van der Waals surface area (Å²) < 4.78 is 22.7. The number of benzene rings is 1. The summed E-state index contributed by atoms with van der Waals surface area (Å²) in [7, 11) is -2.99. The second kappa shape index (κ2) is 5.33. The van der Waals surface area contributed by atoms with Crippen LogP contribution in [0.3, 0.4) is 0 Å². The summed E-state index contributed by atoms with van der Waals surface area (Å²) in [5.41, 5.74) is 1.50. The van der Waals surface area contributed by atoms with E-state index < -0.39 is 9.84 Å². The lowest BCUT2D eigenvalue weighted by atomic mass is 10.2. The maximum Gasteiger partial charge on any atom is 0.319 e. The molecule has 0 aliphatic carbocycles. The van der Waals surface area contributed by atoms with Gasteiger partial charge >= 0.3 is 6.03 Å². The van der Waals surface area contributed by atoms with Crippen LogP contribution in [0.4, 0.5) is 10.5 Å². The zero-order valence-electron chi connectivity index (χ0n) is 11.2. The van der Waals surface area contributed by atoms with Gasteiger partial charge in [-0.1, -0.05) is 6.07 Å². The Bertz CT molecular complexity index is 789. The van der Waals surface area contributed by atoms with Gasteiger partial charge in [-0.3, -0.25) is 4.98 Å². The number of urea groups is 1. The van der Waals surface area contributed by atoms with Crippen LogP contribution in [0, 0.1) is 0 Å². The number of rotatable bonds is 2. The highest BCUT2D eigenvalue weighted by Crippen LogP contribution is 2.17. The first-order valence-corrected chi connectivity index (χ1v) is 8.47. The number of aromatic nitrogens is 1. The maximum absolute atomic E-state index is 11.9. The Kier molecular flexibility index (Phi) is 3.50. The number of sulfone groups is 1. The first-order valence-electron chi connectivity index (χ1n) is 6.65. The number of carbonyl (C=O) groups excluding carboxylic acids is 1. The summed E-state index contributed by atoms with van der Waals surface area (Å²) >= 11 is 0. The number of amides is 2. The highest BCUT2D eigenvalue weighted by molar-refractivity contribution is 7.91. The molecule has 0 unspecified atom stereocenters. The van der Waals surface area contributed by atoms with E-state index in [9.17, 15) is 13.2 Å². The van der Waals surface area contributed by atoms with Crippen LogP contribution in [0.2, 0.25) is 0 Å². The average molecular weight is 305 g/mol. The standard InChI is InChI=1S/C14H15N3O3S/c18-14(17-12-5-7-21(19,20)9-12)16-11-3-4-13-10(8-11)2-1-6-15-13/h1-4,6,8,12H,5,7,9H2,(H2,16,17,18)/t12-/m0/s1. The molecule has 1 aliphatic heterocycles. The van der Waals surface area contributed by atoms with Crippen LogP contribution in [0.5, 0.6) is 0 Å². The summed E-state index contributed by atoms with van der Waals surface area (Å²) in [4.78, 5) is 16.1. The zero-order chi connectivity index (χ0) is 14.9. The number of nitrogens with zero attached hydrogens (tertiary/aromatic N) is 1. The van der Waals surface area contributed by atoms with Crippen LogP contribution in [0.25, 0.3) is 10.9 Å². The molecule has 110 valence electrons. The van der Waals surface area contributed by atoms with Crippen molar-refractivity contribution in [3.05, 3.63) is 36.5 Å². The Labute approximate surface area is 122 Å². The van der Waals surface area contributed by atoms with Crippen LogP contribution in [0.1, 0.15) is 6.42 Å². The van der Waals surface area contributed by atoms with E-state index in [-0.39, 0.29) is 23.6 Å². The van der Waals surface area contributed by atoms with Crippen molar-refractivity contribution < 1.29 is 13.2 Å². The summed E-state index contributed by atoms with van der Waals surface area (Å²) in [6, 6.07) is 8.46. The fourth-order valence-corrected chi connectivity index (χ4v) is 4.09. The first kappa shape index (κ1) is 13.8. The highest BCUT2D eigenvalue weighted by Gasteiger charge is 2.28. The van der Waals surface area contributed by atoms with Gasteiger partial charge in [-0.15, -0.1) is 0 Å². The van der Waals surface area contributed by atoms with Crippen LogP contribution >= 0.6 is 0 Å². The summed E-state index contributed by atoms with van der Waals surface area (Å²) in [5.74, 6) is 0.154. The van der Waals surface area contributed by atoms with Gasteiger partial charge in [-0.2, -0.15) is 0 Å². The van der Waals surface area contributed by atoms with E-state index in [0.29, 0.717) is 12.1 Å². The van der Waals surface area contributed by atoms with E-state index in [2.05, 4.69) is 15.6 Å². The topological polar surface area (TPSA) is 88.2 Å². The lowest BCUT2D eigenvalue weighted by molar-refractivity contribution is 0.249. The second-order valence-electron chi connectivity index (χ2n) is 5.11. The van der Waals surface area contributed by atoms with Crippen molar-refractivity contribution in [2.24, 2.45) is 0 Å². The summed E-state index contributed by atoms with van der Waals surface area (Å²) in [6.45, 7) is 0. The molecular formula is C14H15N3O3S. The zero-order valence-corrected chi connectivity index (χ0v) is 12.1. The van der Waals surface area contributed by atoms with Crippen molar-refractivity contribution in [1.29, 1.82) is 0 Å². The van der Waals surface area contributed by atoms with Gasteiger partial charge in [0.25, 0.3) is 0 Å². The van der Waals surface area contributed by atoms with Gasteiger partial charge in [0.05, 0.1) is 17.0 Å². The molecule has 1 aromatic heterocycles. The van der Waals surface area contributed by atoms with E-state index in [4.69, 9.17) is 0 Å². The maximum atomic E-state index is 11.9. The van der Waals surface area contributed by atoms with Crippen molar-refractivity contribution in [1.82, 2.24) is 10.3 Å². The third-order valence-electron chi connectivity index (χ3n) is 3.43. The number of hydrogen-bond donors (Lipinski definition) is 2. The number of hydrogen-bond acceptors (Lipinski definition) is 4. The molecule has 0 spiro atoms. The molecule has 3 rings (SSSR count). The molecule has 2 aromatic rings. The number of carbonyl (C=O) groups is 1. The molecule has 6 nitrogen and oxygen atoms in total. The van der Waals surface area contributed by atoms with E-state index >= 15 is 0 Å². The van der Waals surface area contributed by atoms with Crippen LogP contribution in [0.15, 0.2) is 36.5 Å². The molecule has 2 N–H and O–H groups in total. The van der Waals surface area contributed by atoms with Crippen molar-refractivity contribution >= 4 is 32.5 Å². The SMILES string of the molecule is O=C(Nc1ccc2ncccc2c1)N[C@H]1CCS(=O)(=O)C1. The van der Waals surface area contributed by atoms with Crippen LogP contribution < -0.4 is 10.6 Å². The van der Waals surface area contributed by atoms with Crippen LogP contribution in [-0.2, 0) is 9.84 Å². The fraction of sp³-hybridized carbons (Fsp3) is 0.286. The first-order chi connectivity index (χ1) is 10.0. The Hall–Kier alpha value is -2.15. The number of anilines is 1. The minimum atomic E-state index is -2.99. The molecule has 2 heterocycles. The third kappa shape index (κ3) is 3.30. The third-order valence-corrected chi connectivity index (χ3v) is 5.20. The van der Waals surface area contributed by atoms with Gasteiger partial charge in [0.2, 0.25) is 0 Å². The number of pyridine rings is 1. The Morgan fingerprint density at radius 2 is 2.14 bits per heavy atom. The second-order valence-corrected chi connectivity index (χ2v) is 7.34. The molecular weight excluding hydrogens is 290 g/mol. The van der Waals surface area contributed by atoms with Crippen molar-refractivity contribution in [3.63, 3.8) is 0 Å².